The maximum absolute atomic E-state index is 11.0. The largest absolute Gasteiger partial charge is 0.469 e. The first-order valence-electron chi connectivity index (χ1n) is 5.21. The summed E-state index contributed by atoms with van der Waals surface area (Å²) in [5.41, 5.74) is 0.870. The van der Waals surface area contributed by atoms with Crippen molar-refractivity contribution in [2.75, 3.05) is 12.9 Å². The third kappa shape index (κ3) is 4.69. The summed E-state index contributed by atoms with van der Waals surface area (Å²) in [6, 6.07) is 5.72. The average molecular weight is 319 g/mol. The van der Waals surface area contributed by atoms with Crippen molar-refractivity contribution in [3.05, 3.63) is 28.2 Å². The third-order valence-electron chi connectivity index (χ3n) is 2.23. The molecule has 0 bridgehead atoms. The number of aliphatic hydroxyl groups excluding tert-OH is 1. The molecule has 1 aromatic carbocycles. The van der Waals surface area contributed by atoms with Gasteiger partial charge in [0.25, 0.3) is 0 Å². The molecule has 1 atom stereocenters. The maximum Gasteiger partial charge on any atom is 0.306 e. The first-order valence-corrected chi connectivity index (χ1v) is 6.99. The zero-order chi connectivity index (χ0) is 12.8. The summed E-state index contributed by atoms with van der Waals surface area (Å²) in [4.78, 5) is 12.0. The fourth-order valence-electron chi connectivity index (χ4n) is 1.24. The summed E-state index contributed by atoms with van der Waals surface area (Å²) in [7, 11) is 1.39. The Kier molecular flexibility index (Phi) is 6.02. The van der Waals surface area contributed by atoms with E-state index in [1.54, 1.807) is 18.7 Å². The fraction of sp³-hybridized carbons (Fsp3) is 0.417. The molecule has 0 unspecified atom stereocenters. The molecule has 5 heteroatoms. The Morgan fingerprint density at radius 1 is 1.59 bits per heavy atom. The lowest BCUT2D eigenvalue weighted by Crippen LogP contribution is -2.01. The zero-order valence-corrected chi connectivity index (χ0v) is 12.2. The van der Waals surface area contributed by atoms with Crippen LogP contribution in [0.1, 0.15) is 25.0 Å². The normalized spacial score (nSPS) is 12.2. The molecule has 0 saturated carbocycles. The molecule has 0 aromatic heterocycles. The Hall–Kier alpha value is -0.520. The topological polar surface area (TPSA) is 46.5 Å². The number of carbonyl (C=O) groups excluding carboxylic acids is 1. The van der Waals surface area contributed by atoms with Crippen LogP contribution in [0.15, 0.2) is 27.6 Å². The van der Waals surface area contributed by atoms with E-state index in [0.29, 0.717) is 12.2 Å². The minimum Gasteiger partial charge on any atom is -0.469 e. The Bertz CT molecular complexity index is 393. The number of benzene rings is 1. The lowest BCUT2D eigenvalue weighted by atomic mass is 10.1. The molecule has 0 radical (unpaired) electrons. The fourth-order valence-corrected chi connectivity index (χ4v) is 2.83. The summed E-state index contributed by atoms with van der Waals surface area (Å²) >= 11 is 5.03. The molecule has 0 amide bonds. The molecule has 3 nitrogen and oxygen atoms in total. The van der Waals surface area contributed by atoms with Gasteiger partial charge in [-0.15, -0.1) is 11.8 Å². The van der Waals surface area contributed by atoms with Crippen molar-refractivity contribution >= 4 is 33.7 Å². The molecule has 0 spiro atoms. The Labute approximate surface area is 114 Å². The monoisotopic (exact) mass is 318 g/mol. The molecule has 17 heavy (non-hydrogen) atoms. The van der Waals surface area contributed by atoms with Crippen LogP contribution in [0.5, 0.6) is 0 Å². The van der Waals surface area contributed by atoms with E-state index in [9.17, 15) is 9.90 Å². The van der Waals surface area contributed by atoms with Gasteiger partial charge in [-0.05, 0) is 40.5 Å². The summed E-state index contributed by atoms with van der Waals surface area (Å²) in [5, 5.41) is 9.43. The average Bonchev–Trinajstić information content (AvgIpc) is 2.30. The van der Waals surface area contributed by atoms with Gasteiger partial charge >= 0.3 is 5.97 Å². The molecule has 0 aliphatic carbocycles. The molecule has 0 heterocycles. The van der Waals surface area contributed by atoms with Crippen molar-refractivity contribution in [3.63, 3.8) is 0 Å². The van der Waals surface area contributed by atoms with Gasteiger partial charge in [0.2, 0.25) is 0 Å². The Morgan fingerprint density at radius 2 is 2.29 bits per heavy atom. The summed E-state index contributed by atoms with van der Waals surface area (Å²) in [6.07, 6.45) is -0.0772. The van der Waals surface area contributed by atoms with Crippen molar-refractivity contribution in [2.45, 2.75) is 24.3 Å². The minimum absolute atomic E-state index is 0.200. The molecule has 0 saturated heterocycles. The van der Waals surface area contributed by atoms with E-state index in [1.165, 1.54) is 7.11 Å². The number of rotatable bonds is 5. The van der Waals surface area contributed by atoms with Crippen molar-refractivity contribution < 1.29 is 14.6 Å². The number of hydrogen-bond acceptors (Lipinski definition) is 4. The molecule has 1 aromatic rings. The SMILES string of the molecule is COC(=O)CCSc1ccc([C@H](C)O)cc1Br. The number of ether oxygens (including phenoxy) is 1. The van der Waals surface area contributed by atoms with Gasteiger partial charge in [0.05, 0.1) is 19.6 Å². The van der Waals surface area contributed by atoms with E-state index in [-0.39, 0.29) is 5.97 Å². The van der Waals surface area contributed by atoms with E-state index >= 15 is 0 Å². The summed E-state index contributed by atoms with van der Waals surface area (Å²) in [5.74, 6) is 0.480. The summed E-state index contributed by atoms with van der Waals surface area (Å²) in [6.45, 7) is 1.73. The number of thioether (sulfide) groups is 1. The van der Waals surface area contributed by atoms with Crippen molar-refractivity contribution in [1.29, 1.82) is 0 Å². The zero-order valence-electron chi connectivity index (χ0n) is 9.77. The van der Waals surface area contributed by atoms with Gasteiger partial charge in [0.1, 0.15) is 0 Å². The van der Waals surface area contributed by atoms with Crippen LogP contribution in [0.2, 0.25) is 0 Å². The molecule has 0 aliphatic heterocycles. The van der Waals surface area contributed by atoms with Crippen LogP contribution < -0.4 is 0 Å². The first-order chi connectivity index (χ1) is 8.04. The predicted molar refractivity (Wildman–Crippen MR) is 72.1 cm³/mol. The second-order valence-corrected chi connectivity index (χ2v) is 5.53. The van der Waals surface area contributed by atoms with Crippen LogP contribution in [-0.4, -0.2) is 23.9 Å². The van der Waals surface area contributed by atoms with Gasteiger partial charge < -0.3 is 9.84 Å². The van der Waals surface area contributed by atoms with Crippen molar-refractivity contribution in [1.82, 2.24) is 0 Å². The predicted octanol–water partition coefficient (Wildman–Crippen LogP) is 3.16. The highest BCUT2D eigenvalue weighted by Gasteiger charge is 2.07. The van der Waals surface area contributed by atoms with Gasteiger partial charge in [-0.25, -0.2) is 0 Å². The van der Waals surface area contributed by atoms with Gasteiger partial charge in [-0.3, -0.25) is 4.79 Å². The first kappa shape index (κ1) is 14.5. The second-order valence-electron chi connectivity index (χ2n) is 3.54. The van der Waals surface area contributed by atoms with E-state index in [0.717, 1.165) is 14.9 Å². The van der Waals surface area contributed by atoms with E-state index in [2.05, 4.69) is 20.7 Å². The highest BCUT2D eigenvalue weighted by molar-refractivity contribution is 9.10. The number of hydrogen-bond donors (Lipinski definition) is 1. The second kappa shape index (κ2) is 7.03. The van der Waals surface area contributed by atoms with E-state index in [4.69, 9.17) is 0 Å². The van der Waals surface area contributed by atoms with Crippen LogP contribution in [0.3, 0.4) is 0 Å². The highest BCUT2D eigenvalue weighted by atomic mass is 79.9. The van der Waals surface area contributed by atoms with Gasteiger partial charge in [0.15, 0.2) is 0 Å². The van der Waals surface area contributed by atoms with E-state index < -0.39 is 6.10 Å². The van der Waals surface area contributed by atoms with Crippen LogP contribution in [0.4, 0.5) is 0 Å². The number of halogens is 1. The molecular formula is C12H15BrO3S. The number of esters is 1. The lowest BCUT2D eigenvalue weighted by Gasteiger charge is -2.08. The molecular weight excluding hydrogens is 304 g/mol. The number of aliphatic hydroxyl groups is 1. The third-order valence-corrected chi connectivity index (χ3v) is 4.22. The molecule has 0 aliphatic rings. The van der Waals surface area contributed by atoms with E-state index in [1.807, 2.05) is 18.2 Å². The highest BCUT2D eigenvalue weighted by Crippen LogP contribution is 2.30. The minimum atomic E-state index is -0.472. The molecule has 94 valence electrons. The Morgan fingerprint density at radius 3 is 2.82 bits per heavy atom. The maximum atomic E-state index is 11.0. The Balaban J connectivity index is 2.57. The number of methoxy groups -OCH3 is 1. The molecule has 0 fully saturated rings. The standard InChI is InChI=1S/C12H15BrO3S/c1-8(14)9-3-4-11(10(13)7-9)17-6-5-12(15)16-2/h3-4,7-8,14H,5-6H2,1-2H3/t8-/m0/s1. The molecule has 1 rings (SSSR count). The smallest absolute Gasteiger partial charge is 0.306 e. The van der Waals surface area contributed by atoms with Crippen LogP contribution in [0.25, 0.3) is 0 Å². The van der Waals surface area contributed by atoms with Crippen molar-refractivity contribution in [2.24, 2.45) is 0 Å². The quantitative estimate of drug-likeness (QED) is 0.669. The van der Waals surface area contributed by atoms with Crippen molar-refractivity contribution in [3.8, 4) is 0 Å². The van der Waals surface area contributed by atoms with Gasteiger partial charge in [0, 0.05) is 15.1 Å². The van der Waals surface area contributed by atoms with Crippen LogP contribution >= 0.6 is 27.7 Å². The van der Waals surface area contributed by atoms with Gasteiger partial charge in [-0.2, -0.15) is 0 Å². The number of carbonyl (C=O) groups is 1. The summed E-state index contributed by atoms with van der Waals surface area (Å²) < 4.78 is 5.51. The lowest BCUT2D eigenvalue weighted by molar-refractivity contribution is -0.140. The van der Waals surface area contributed by atoms with Gasteiger partial charge in [-0.1, -0.05) is 6.07 Å². The van der Waals surface area contributed by atoms with Crippen LogP contribution in [0, 0.1) is 0 Å². The molecule has 1 N–H and O–H groups in total. The van der Waals surface area contributed by atoms with Crippen LogP contribution in [-0.2, 0) is 9.53 Å².